The second-order valence-corrected chi connectivity index (χ2v) is 8.82. The van der Waals surface area contributed by atoms with Gasteiger partial charge in [0.15, 0.2) is 5.76 Å². The van der Waals surface area contributed by atoms with E-state index in [2.05, 4.69) is 5.16 Å². The third-order valence-electron chi connectivity index (χ3n) is 5.39. The number of sulfonamides is 1. The van der Waals surface area contributed by atoms with E-state index in [0.29, 0.717) is 44.8 Å². The van der Waals surface area contributed by atoms with E-state index in [1.807, 2.05) is 0 Å². The van der Waals surface area contributed by atoms with Crippen molar-refractivity contribution in [3.63, 3.8) is 0 Å². The number of aryl methyl sites for hydroxylation is 2. The molecule has 2 N–H and O–H groups in total. The number of carbonyl (C=O) groups excluding carboxylic acids is 1. The summed E-state index contributed by atoms with van der Waals surface area (Å²) >= 11 is 0. The number of nitrogens with zero attached hydrogens (tertiary/aromatic N) is 3. The Morgan fingerprint density at radius 2 is 1.81 bits per heavy atom. The molecule has 1 aromatic rings. The summed E-state index contributed by atoms with van der Waals surface area (Å²) in [5.74, 6) is 0.294. The molecule has 26 heavy (non-hydrogen) atoms. The first-order valence-electron chi connectivity index (χ1n) is 8.82. The summed E-state index contributed by atoms with van der Waals surface area (Å²) in [5, 5.41) is 3.73. The number of carbonyl (C=O) groups is 1. The highest BCUT2D eigenvalue weighted by Crippen LogP contribution is 2.32. The van der Waals surface area contributed by atoms with Gasteiger partial charge >= 0.3 is 0 Å². The van der Waals surface area contributed by atoms with Gasteiger partial charge in [-0.05, 0) is 26.7 Å². The van der Waals surface area contributed by atoms with Gasteiger partial charge in [-0.3, -0.25) is 4.79 Å². The van der Waals surface area contributed by atoms with Gasteiger partial charge in [0.2, 0.25) is 15.9 Å². The lowest BCUT2D eigenvalue weighted by Gasteiger charge is -2.41. The molecular formula is C16H26N4O5S. The molecule has 0 bridgehead atoms. The molecule has 2 saturated heterocycles. The van der Waals surface area contributed by atoms with E-state index in [1.54, 1.807) is 18.7 Å². The van der Waals surface area contributed by atoms with Crippen LogP contribution in [-0.2, 0) is 19.6 Å². The van der Waals surface area contributed by atoms with Crippen molar-refractivity contribution in [3.05, 3.63) is 11.5 Å². The maximum absolute atomic E-state index is 13.0. The van der Waals surface area contributed by atoms with Crippen LogP contribution in [0, 0.1) is 19.3 Å². The van der Waals surface area contributed by atoms with Gasteiger partial charge in [-0.25, -0.2) is 8.42 Å². The second kappa shape index (κ2) is 7.26. The van der Waals surface area contributed by atoms with E-state index >= 15 is 0 Å². The third kappa shape index (κ3) is 3.26. The molecule has 3 heterocycles. The Kier molecular flexibility index (Phi) is 5.38. The molecule has 0 atom stereocenters. The molecule has 10 heteroatoms. The molecule has 2 fully saturated rings. The van der Waals surface area contributed by atoms with Crippen molar-refractivity contribution in [1.82, 2.24) is 14.4 Å². The lowest BCUT2D eigenvalue weighted by Crippen LogP contribution is -2.57. The molecule has 0 aromatic carbocycles. The van der Waals surface area contributed by atoms with Crippen LogP contribution in [0.3, 0.4) is 0 Å². The van der Waals surface area contributed by atoms with Crippen LogP contribution in [0.1, 0.15) is 24.3 Å². The Morgan fingerprint density at radius 3 is 2.31 bits per heavy atom. The van der Waals surface area contributed by atoms with Crippen LogP contribution < -0.4 is 5.73 Å². The van der Waals surface area contributed by atoms with Gasteiger partial charge in [0.25, 0.3) is 0 Å². The minimum Gasteiger partial charge on any atom is -0.381 e. The molecule has 1 amide bonds. The lowest BCUT2D eigenvalue weighted by atomic mass is 9.78. The standard InChI is InChI=1S/C16H26N4O5S/c1-12-14(13(2)25-18-12)26(22,23)20-7-5-19(6-8-20)15(21)16(11-17)3-9-24-10-4-16/h3-11,17H2,1-2H3. The van der Waals surface area contributed by atoms with Crippen LogP contribution in [0.5, 0.6) is 0 Å². The van der Waals surface area contributed by atoms with Crippen LogP contribution in [0.15, 0.2) is 9.42 Å². The van der Waals surface area contributed by atoms with Gasteiger partial charge in [0.1, 0.15) is 10.6 Å². The monoisotopic (exact) mass is 386 g/mol. The summed E-state index contributed by atoms with van der Waals surface area (Å²) in [6, 6.07) is 0. The van der Waals surface area contributed by atoms with Crippen molar-refractivity contribution >= 4 is 15.9 Å². The maximum Gasteiger partial charge on any atom is 0.248 e. The van der Waals surface area contributed by atoms with E-state index in [4.69, 9.17) is 15.0 Å². The highest BCUT2D eigenvalue weighted by atomic mass is 32.2. The molecule has 2 aliphatic rings. The van der Waals surface area contributed by atoms with Crippen LogP contribution in [0.4, 0.5) is 0 Å². The minimum atomic E-state index is -3.68. The number of hydrogen-bond acceptors (Lipinski definition) is 7. The Hall–Kier alpha value is -1.49. The first-order chi connectivity index (χ1) is 12.3. The van der Waals surface area contributed by atoms with Gasteiger partial charge in [0, 0.05) is 45.9 Å². The number of amides is 1. The SMILES string of the molecule is Cc1noc(C)c1S(=O)(=O)N1CCN(C(=O)C2(CN)CCOCC2)CC1. The first kappa shape index (κ1) is 19.3. The highest BCUT2D eigenvalue weighted by molar-refractivity contribution is 7.89. The molecule has 9 nitrogen and oxygen atoms in total. The largest absolute Gasteiger partial charge is 0.381 e. The van der Waals surface area contributed by atoms with Gasteiger partial charge in [-0.15, -0.1) is 0 Å². The van der Waals surface area contributed by atoms with Crippen molar-refractivity contribution < 1.29 is 22.5 Å². The number of hydrogen-bond donors (Lipinski definition) is 1. The number of piperazine rings is 1. The summed E-state index contributed by atoms with van der Waals surface area (Å²) in [5.41, 5.74) is 5.68. The molecule has 3 rings (SSSR count). The van der Waals surface area contributed by atoms with Crippen molar-refractivity contribution in [2.24, 2.45) is 11.1 Å². The van der Waals surface area contributed by atoms with Gasteiger partial charge in [0.05, 0.1) is 5.41 Å². The molecule has 0 unspecified atom stereocenters. The van der Waals surface area contributed by atoms with E-state index in [1.165, 1.54) is 4.31 Å². The van der Waals surface area contributed by atoms with Crippen LogP contribution >= 0.6 is 0 Å². The summed E-state index contributed by atoms with van der Waals surface area (Å²) in [4.78, 5) is 14.9. The predicted octanol–water partition coefficient (Wildman–Crippen LogP) is -0.120. The average Bonchev–Trinajstić information content (AvgIpc) is 3.00. The van der Waals surface area contributed by atoms with Crippen LogP contribution in [-0.4, -0.2) is 74.6 Å². The second-order valence-electron chi connectivity index (χ2n) is 6.95. The molecule has 146 valence electrons. The molecule has 0 saturated carbocycles. The number of aromatic nitrogens is 1. The lowest BCUT2D eigenvalue weighted by molar-refractivity contribution is -0.148. The number of ether oxygens (including phenoxy) is 1. The quantitative estimate of drug-likeness (QED) is 0.766. The first-order valence-corrected chi connectivity index (χ1v) is 10.3. The zero-order chi connectivity index (χ0) is 18.9. The normalized spacial score (nSPS) is 21.7. The zero-order valence-electron chi connectivity index (χ0n) is 15.2. The van der Waals surface area contributed by atoms with E-state index in [-0.39, 0.29) is 36.2 Å². The molecule has 0 spiro atoms. The van der Waals surface area contributed by atoms with Gasteiger partial charge in [-0.2, -0.15) is 4.31 Å². The molecule has 1 aromatic heterocycles. The van der Waals surface area contributed by atoms with Crippen molar-refractivity contribution in [3.8, 4) is 0 Å². The van der Waals surface area contributed by atoms with Crippen molar-refractivity contribution in [1.29, 1.82) is 0 Å². The summed E-state index contributed by atoms with van der Waals surface area (Å²) in [6.45, 7) is 5.74. The van der Waals surface area contributed by atoms with Gasteiger partial charge in [-0.1, -0.05) is 5.16 Å². The van der Waals surface area contributed by atoms with E-state index in [9.17, 15) is 13.2 Å². The fourth-order valence-electron chi connectivity index (χ4n) is 3.71. The average molecular weight is 386 g/mol. The smallest absolute Gasteiger partial charge is 0.248 e. The Bertz CT molecular complexity index is 742. The molecule has 2 aliphatic heterocycles. The highest BCUT2D eigenvalue weighted by Gasteiger charge is 2.43. The summed E-state index contributed by atoms with van der Waals surface area (Å²) < 4.78 is 37.5. The Morgan fingerprint density at radius 1 is 1.19 bits per heavy atom. The number of nitrogens with two attached hydrogens (primary N) is 1. The fourth-order valence-corrected chi connectivity index (χ4v) is 5.42. The number of rotatable bonds is 4. The molecular weight excluding hydrogens is 360 g/mol. The Balaban J connectivity index is 1.70. The molecule has 0 aliphatic carbocycles. The van der Waals surface area contributed by atoms with E-state index < -0.39 is 15.4 Å². The zero-order valence-corrected chi connectivity index (χ0v) is 16.0. The summed E-state index contributed by atoms with van der Waals surface area (Å²) in [7, 11) is -3.68. The fraction of sp³-hybridized carbons (Fsp3) is 0.750. The van der Waals surface area contributed by atoms with Crippen LogP contribution in [0.25, 0.3) is 0 Å². The van der Waals surface area contributed by atoms with E-state index in [0.717, 1.165) is 0 Å². The van der Waals surface area contributed by atoms with Crippen molar-refractivity contribution in [2.45, 2.75) is 31.6 Å². The third-order valence-corrected chi connectivity index (χ3v) is 7.53. The molecule has 0 radical (unpaired) electrons. The summed E-state index contributed by atoms with van der Waals surface area (Å²) in [6.07, 6.45) is 1.22. The van der Waals surface area contributed by atoms with Crippen molar-refractivity contribution in [2.75, 3.05) is 45.9 Å². The Labute approximate surface area is 153 Å². The maximum atomic E-state index is 13.0. The minimum absolute atomic E-state index is 0.0117. The van der Waals surface area contributed by atoms with Crippen LogP contribution in [0.2, 0.25) is 0 Å². The predicted molar refractivity (Wildman–Crippen MR) is 92.9 cm³/mol. The topological polar surface area (TPSA) is 119 Å². The van der Waals surface area contributed by atoms with Gasteiger partial charge < -0.3 is 19.9 Å².